The normalized spacial score (nSPS) is 10.3. The Morgan fingerprint density at radius 2 is 1.94 bits per heavy atom. The van der Waals surface area contributed by atoms with Crippen LogP contribution in [0.25, 0.3) is 0 Å². The molecule has 2 aromatic rings. The molecule has 0 radical (unpaired) electrons. The second-order valence-electron chi connectivity index (χ2n) is 3.06. The van der Waals surface area contributed by atoms with Crippen molar-refractivity contribution < 1.29 is 4.74 Å². The number of aromatic nitrogens is 3. The van der Waals surface area contributed by atoms with Gasteiger partial charge in [0.2, 0.25) is 10.4 Å². The topological polar surface area (TPSA) is 47.9 Å². The van der Waals surface area contributed by atoms with Gasteiger partial charge in [0.25, 0.3) is 5.88 Å². The first-order chi connectivity index (χ1) is 8.16. The number of halogens is 3. The van der Waals surface area contributed by atoms with E-state index in [0.717, 1.165) is 10.0 Å². The van der Waals surface area contributed by atoms with Crippen LogP contribution < -0.4 is 4.74 Å². The largest absolute Gasteiger partial charge is 0.470 e. The molecule has 4 nitrogen and oxygen atoms in total. The first-order valence-electron chi connectivity index (χ1n) is 4.59. The van der Waals surface area contributed by atoms with E-state index in [0.29, 0.717) is 6.61 Å². The van der Waals surface area contributed by atoms with Gasteiger partial charge in [-0.25, -0.2) is 0 Å². The van der Waals surface area contributed by atoms with Crippen LogP contribution in [0.15, 0.2) is 28.7 Å². The molecule has 0 spiro atoms. The highest BCUT2D eigenvalue weighted by Gasteiger charge is 2.08. The molecule has 0 fully saturated rings. The van der Waals surface area contributed by atoms with Crippen LogP contribution in [0.3, 0.4) is 0 Å². The molecule has 0 bridgehead atoms. The molecule has 0 N–H and O–H groups in total. The maximum atomic E-state index is 5.77. The number of benzene rings is 1. The molecule has 0 aliphatic heterocycles. The van der Waals surface area contributed by atoms with Gasteiger partial charge in [0.1, 0.15) is 6.61 Å². The monoisotopic (exact) mass is 333 g/mol. The van der Waals surface area contributed by atoms with Crippen LogP contribution in [0, 0.1) is 0 Å². The molecule has 1 aromatic heterocycles. The molecule has 0 amide bonds. The smallest absolute Gasteiger partial charge is 0.257 e. The predicted octanol–water partition coefficient (Wildman–Crippen LogP) is 3.52. The minimum Gasteiger partial charge on any atom is -0.470 e. The summed E-state index contributed by atoms with van der Waals surface area (Å²) in [6, 6.07) is 7.68. The Morgan fingerprint density at radius 3 is 2.71 bits per heavy atom. The van der Waals surface area contributed by atoms with Gasteiger partial charge in [-0.05, 0) is 17.7 Å². The third kappa shape index (κ3) is 3.28. The van der Waals surface area contributed by atoms with Crippen molar-refractivity contribution in [1.29, 1.82) is 0 Å². The van der Waals surface area contributed by atoms with E-state index in [1.165, 1.54) is 0 Å². The quantitative estimate of drug-likeness (QED) is 0.861. The van der Waals surface area contributed by atoms with Gasteiger partial charge in [0, 0.05) is 10.0 Å². The van der Waals surface area contributed by atoms with Gasteiger partial charge in [-0.15, -0.1) is 10.2 Å². The molecule has 0 unspecified atom stereocenters. The minimum absolute atomic E-state index is 0.00322. The van der Waals surface area contributed by atoms with Crippen molar-refractivity contribution in [2.45, 2.75) is 6.61 Å². The van der Waals surface area contributed by atoms with Gasteiger partial charge in [0.15, 0.2) is 0 Å². The van der Waals surface area contributed by atoms with Crippen LogP contribution >= 0.6 is 39.1 Å². The van der Waals surface area contributed by atoms with Crippen LogP contribution in [0.1, 0.15) is 5.56 Å². The molecule has 0 saturated heterocycles. The number of hydrogen-bond acceptors (Lipinski definition) is 4. The summed E-state index contributed by atoms with van der Waals surface area (Å²) in [5, 5.41) is 7.17. The molecule has 0 saturated carbocycles. The third-order valence-corrected chi connectivity index (χ3v) is 3.08. The third-order valence-electron chi connectivity index (χ3n) is 1.91. The SMILES string of the molecule is Clc1nnc(Cl)c(OCc2ccccc2Br)n1. The molecular weight excluding hydrogens is 329 g/mol. The summed E-state index contributed by atoms with van der Waals surface area (Å²) in [7, 11) is 0. The fourth-order valence-electron chi connectivity index (χ4n) is 1.13. The van der Waals surface area contributed by atoms with Crippen LogP contribution in [0.2, 0.25) is 10.4 Å². The van der Waals surface area contributed by atoms with Crippen molar-refractivity contribution in [2.75, 3.05) is 0 Å². The molecule has 88 valence electrons. The zero-order valence-electron chi connectivity index (χ0n) is 8.40. The number of hydrogen-bond donors (Lipinski definition) is 0. The lowest BCUT2D eigenvalue weighted by atomic mass is 10.2. The lowest BCUT2D eigenvalue weighted by Crippen LogP contribution is -2.01. The molecule has 17 heavy (non-hydrogen) atoms. The average Bonchev–Trinajstić information content (AvgIpc) is 2.32. The fraction of sp³-hybridized carbons (Fsp3) is 0.100. The zero-order chi connectivity index (χ0) is 12.3. The van der Waals surface area contributed by atoms with Gasteiger partial charge in [0.05, 0.1) is 0 Å². The van der Waals surface area contributed by atoms with E-state index in [4.69, 9.17) is 27.9 Å². The van der Waals surface area contributed by atoms with Crippen molar-refractivity contribution in [1.82, 2.24) is 15.2 Å². The molecular formula is C10H6BrCl2N3O. The minimum atomic E-state index is -0.00322. The molecule has 7 heteroatoms. The first-order valence-corrected chi connectivity index (χ1v) is 6.13. The summed E-state index contributed by atoms with van der Waals surface area (Å²) in [5.41, 5.74) is 0.971. The molecule has 1 aromatic carbocycles. The van der Waals surface area contributed by atoms with Gasteiger partial charge in [-0.1, -0.05) is 45.7 Å². The highest BCUT2D eigenvalue weighted by atomic mass is 79.9. The Hall–Kier alpha value is -0.910. The average molecular weight is 335 g/mol. The van der Waals surface area contributed by atoms with E-state index in [-0.39, 0.29) is 16.3 Å². The molecule has 0 aliphatic carbocycles. The molecule has 1 heterocycles. The van der Waals surface area contributed by atoms with Gasteiger partial charge in [-0.3, -0.25) is 0 Å². The van der Waals surface area contributed by atoms with Crippen LogP contribution in [-0.2, 0) is 6.61 Å². The van der Waals surface area contributed by atoms with E-state index in [2.05, 4.69) is 31.1 Å². The second kappa shape index (κ2) is 5.62. The van der Waals surface area contributed by atoms with Crippen molar-refractivity contribution in [3.63, 3.8) is 0 Å². The summed E-state index contributed by atoms with van der Waals surface area (Å²) in [6.07, 6.45) is 0. The van der Waals surface area contributed by atoms with E-state index in [1.807, 2.05) is 24.3 Å². The van der Waals surface area contributed by atoms with Crippen LogP contribution in [-0.4, -0.2) is 15.2 Å². The number of ether oxygens (including phenoxy) is 1. The van der Waals surface area contributed by atoms with E-state index in [1.54, 1.807) is 0 Å². The lowest BCUT2D eigenvalue weighted by molar-refractivity contribution is 0.291. The van der Waals surface area contributed by atoms with Crippen molar-refractivity contribution >= 4 is 39.1 Å². The Morgan fingerprint density at radius 1 is 1.18 bits per heavy atom. The molecule has 0 atom stereocenters. The maximum Gasteiger partial charge on any atom is 0.257 e. The fourth-order valence-corrected chi connectivity index (χ4v) is 1.78. The number of rotatable bonds is 3. The van der Waals surface area contributed by atoms with E-state index < -0.39 is 0 Å². The van der Waals surface area contributed by atoms with Crippen molar-refractivity contribution in [2.24, 2.45) is 0 Å². The summed E-state index contributed by atoms with van der Waals surface area (Å²) in [5.74, 6) is 0.169. The predicted molar refractivity (Wildman–Crippen MR) is 68.3 cm³/mol. The summed E-state index contributed by atoms with van der Waals surface area (Å²) in [6.45, 7) is 0.316. The highest BCUT2D eigenvalue weighted by Crippen LogP contribution is 2.22. The Kier molecular flexibility index (Phi) is 4.15. The van der Waals surface area contributed by atoms with Crippen LogP contribution in [0.5, 0.6) is 5.88 Å². The standard InChI is InChI=1S/C10H6BrCl2N3O/c11-7-4-2-1-3-6(7)5-17-9-8(12)15-16-10(13)14-9/h1-4H,5H2. The Labute approximate surface area is 116 Å². The van der Waals surface area contributed by atoms with Crippen LogP contribution in [0.4, 0.5) is 0 Å². The highest BCUT2D eigenvalue weighted by molar-refractivity contribution is 9.10. The Balaban J connectivity index is 2.12. The summed E-state index contributed by atoms with van der Waals surface area (Å²) in [4.78, 5) is 3.84. The zero-order valence-corrected chi connectivity index (χ0v) is 11.5. The lowest BCUT2D eigenvalue weighted by Gasteiger charge is -2.07. The van der Waals surface area contributed by atoms with E-state index >= 15 is 0 Å². The van der Waals surface area contributed by atoms with Crippen molar-refractivity contribution in [3.8, 4) is 5.88 Å². The van der Waals surface area contributed by atoms with Gasteiger partial charge >= 0.3 is 0 Å². The maximum absolute atomic E-state index is 5.77. The number of nitrogens with zero attached hydrogens (tertiary/aromatic N) is 3. The molecule has 0 aliphatic rings. The summed E-state index contributed by atoms with van der Waals surface area (Å²) < 4.78 is 6.37. The Bertz CT molecular complexity index is 539. The summed E-state index contributed by atoms with van der Waals surface area (Å²) >= 11 is 14.8. The van der Waals surface area contributed by atoms with E-state index in [9.17, 15) is 0 Å². The van der Waals surface area contributed by atoms with Gasteiger partial charge < -0.3 is 4.74 Å². The first kappa shape index (κ1) is 12.5. The van der Waals surface area contributed by atoms with Crippen molar-refractivity contribution in [3.05, 3.63) is 44.7 Å². The van der Waals surface area contributed by atoms with Gasteiger partial charge in [-0.2, -0.15) is 4.98 Å². The molecule has 2 rings (SSSR count). The second-order valence-corrected chi connectivity index (χ2v) is 4.61.